The van der Waals surface area contributed by atoms with Gasteiger partial charge in [-0.15, -0.1) is 0 Å². The van der Waals surface area contributed by atoms with E-state index in [0.717, 1.165) is 11.5 Å². The minimum Gasteiger partial charge on any atom is -0.463 e. The second-order valence-corrected chi connectivity index (χ2v) is 5.94. The maximum absolute atomic E-state index is 10.7. The molecule has 1 saturated heterocycles. The largest absolute Gasteiger partial charge is 0.463 e. The number of hydrogen-bond donors (Lipinski definition) is 0. The summed E-state index contributed by atoms with van der Waals surface area (Å²) in [5, 5.41) is 1.11. The van der Waals surface area contributed by atoms with E-state index < -0.39 is 0 Å². The van der Waals surface area contributed by atoms with E-state index in [-0.39, 0.29) is 30.2 Å². The van der Waals surface area contributed by atoms with Crippen LogP contribution in [-0.4, -0.2) is 35.2 Å². The number of hydrogen-bond acceptors (Lipinski definition) is 5. The summed E-state index contributed by atoms with van der Waals surface area (Å²) in [6.45, 7) is 5.92. The first kappa shape index (κ1) is 13.9. The van der Waals surface area contributed by atoms with E-state index in [1.54, 1.807) is 11.8 Å². The smallest absolute Gasteiger partial charge is 0.302 e. The molecule has 0 amide bonds. The van der Waals surface area contributed by atoms with Crippen LogP contribution in [0.1, 0.15) is 27.2 Å². The molecule has 4 radical (unpaired) electrons. The highest BCUT2D eigenvalue weighted by Crippen LogP contribution is 2.36. The molecule has 2 heterocycles. The van der Waals surface area contributed by atoms with Crippen LogP contribution in [0.15, 0.2) is 4.99 Å². The molecule has 5 heteroatoms. The summed E-state index contributed by atoms with van der Waals surface area (Å²) in [6.07, 6.45) is 6.68. The van der Waals surface area contributed by atoms with Gasteiger partial charge in [-0.25, -0.2) is 0 Å². The van der Waals surface area contributed by atoms with E-state index in [9.17, 15) is 4.79 Å². The molecule has 0 aromatic rings. The first-order chi connectivity index (χ1) is 8.54. The topological polar surface area (TPSA) is 47.9 Å². The summed E-state index contributed by atoms with van der Waals surface area (Å²) in [5.41, 5.74) is -0.0411. The number of rotatable bonds is 4. The second-order valence-electron chi connectivity index (χ2n) is 4.77. The van der Waals surface area contributed by atoms with E-state index in [2.05, 4.69) is 31.7 Å². The summed E-state index contributed by atoms with van der Waals surface area (Å²) >= 11 is 1.65. The molecular formula is C13H17NO3S. The Bertz CT molecular complexity index is 343. The Morgan fingerprint density at radius 1 is 1.56 bits per heavy atom. The van der Waals surface area contributed by atoms with E-state index in [4.69, 9.17) is 9.47 Å². The normalized spacial score (nSPS) is 31.1. The molecule has 0 saturated carbocycles. The van der Waals surface area contributed by atoms with Gasteiger partial charge in [0.05, 0.1) is 11.1 Å². The first-order valence-electron chi connectivity index (χ1n) is 6.08. The third-order valence-corrected chi connectivity index (χ3v) is 3.65. The maximum atomic E-state index is 10.7. The fraction of sp³-hybridized carbons (Fsp3) is 0.692. The summed E-state index contributed by atoms with van der Waals surface area (Å²) in [4.78, 5) is 15.3. The van der Waals surface area contributed by atoms with Crippen LogP contribution in [0.4, 0.5) is 0 Å². The number of fused-ring (bicyclic) bond motifs is 1. The Kier molecular flexibility index (Phi) is 4.67. The standard InChI is InChI=1S/C13H17NO3S/c1-8(2)6-12-14-11-5-4-10(7-16-9(3)15)17-13(11)18-12/h8,10-11,13H,6-7H2,1-3H3/t10-,11-,13-/m1/s1. The summed E-state index contributed by atoms with van der Waals surface area (Å²) in [7, 11) is 0. The molecule has 18 heavy (non-hydrogen) atoms. The van der Waals surface area contributed by atoms with Crippen LogP contribution in [0.5, 0.6) is 0 Å². The zero-order chi connectivity index (χ0) is 13.1. The first-order valence-corrected chi connectivity index (χ1v) is 6.96. The lowest BCUT2D eigenvalue weighted by molar-refractivity contribution is -0.145. The predicted octanol–water partition coefficient (Wildman–Crippen LogP) is 2.00. The van der Waals surface area contributed by atoms with Crippen molar-refractivity contribution in [1.29, 1.82) is 0 Å². The van der Waals surface area contributed by atoms with Gasteiger partial charge in [0.15, 0.2) is 0 Å². The van der Waals surface area contributed by atoms with Crippen LogP contribution >= 0.6 is 11.8 Å². The Balaban J connectivity index is 1.81. The van der Waals surface area contributed by atoms with Gasteiger partial charge in [0, 0.05) is 19.8 Å². The molecule has 0 bridgehead atoms. The minimum atomic E-state index is -0.323. The second kappa shape index (κ2) is 6.06. The molecule has 0 aliphatic carbocycles. The van der Waals surface area contributed by atoms with Gasteiger partial charge in [-0.1, -0.05) is 25.6 Å². The van der Waals surface area contributed by atoms with Gasteiger partial charge in [-0.2, -0.15) is 0 Å². The molecule has 1 fully saturated rings. The summed E-state index contributed by atoms with van der Waals surface area (Å²) in [6, 6.07) is -0.0580. The van der Waals surface area contributed by atoms with Crippen molar-refractivity contribution < 1.29 is 14.3 Å². The Morgan fingerprint density at radius 3 is 3.00 bits per heavy atom. The van der Waals surface area contributed by atoms with E-state index in [1.165, 1.54) is 6.92 Å². The molecule has 0 N–H and O–H groups in total. The number of thioether (sulfide) groups is 1. The van der Waals surface area contributed by atoms with Crippen molar-refractivity contribution in [3.05, 3.63) is 12.8 Å². The summed E-state index contributed by atoms with van der Waals surface area (Å²) < 4.78 is 10.7. The third-order valence-electron chi connectivity index (χ3n) is 2.50. The third kappa shape index (κ3) is 3.72. The molecule has 98 valence electrons. The predicted molar refractivity (Wildman–Crippen MR) is 70.0 cm³/mol. The fourth-order valence-electron chi connectivity index (χ4n) is 1.75. The van der Waals surface area contributed by atoms with E-state index in [1.807, 2.05) is 0 Å². The van der Waals surface area contributed by atoms with Crippen LogP contribution in [0, 0.1) is 18.8 Å². The molecule has 0 aromatic heterocycles. The molecule has 3 atom stereocenters. The fourth-order valence-corrected chi connectivity index (χ4v) is 3.07. The molecule has 4 nitrogen and oxygen atoms in total. The van der Waals surface area contributed by atoms with Gasteiger partial charge in [-0.05, 0) is 12.3 Å². The Morgan fingerprint density at radius 2 is 2.33 bits per heavy atom. The number of nitrogens with zero attached hydrogens (tertiary/aromatic N) is 1. The number of aliphatic imine (C=N–C) groups is 1. The van der Waals surface area contributed by atoms with Crippen LogP contribution in [0.3, 0.4) is 0 Å². The van der Waals surface area contributed by atoms with Crippen molar-refractivity contribution in [2.75, 3.05) is 6.61 Å². The van der Waals surface area contributed by atoms with Crippen molar-refractivity contribution in [2.45, 2.75) is 44.8 Å². The monoisotopic (exact) mass is 267 g/mol. The molecule has 0 aromatic carbocycles. The summed E-state index contributed by atoms with van der Waals surface area (Å²) in [5.74, 6) is 0.277. The highest BCUT2D eigenvalue weighted by molar-refractivity contribution is 8.14. The molecule has 0 unspecified atom stereocenters. The lowest BCUT2D eigenvalue weighted by atomic mass is 10.1. The number of carbonyl (C=O) groups excluding carboxylic acids is 1. The van der Waals surface area contributed by atoms with Gasteiger partial charge in [0.2, 0.25) is 0 Å². The minimum absolute atomic E-state index is 0.0411. The van der Waals surface area contributed by atoms with Gasteiger partial charge in [0.25, 0.3) is 0 Å². The van der Waals surface area contributed by atoms with Crippen LogP contribution in [-0.2, 0) is 14.3 Å². The van der Waals surface area contributed by atoms with Crippen molar-refractivity contribution in [3.63, 3.8) is 0 Å². The van der Waals surface area contributed by atoms with Crippen molar-refractivity contribution in [3.8, 4) is 0 Å². The Hall–Kier alpha value is -0.550. The van der Waals surface area contributed by atoms with E-state index >= 15 is 0 Å². The average Bonchev–Trinajstić information content (AvgIpc) is 2.66. The van der Waals surface area contributed by atoms with Gasteiger partial charge >= 0.3 is 5.97 Å². The lowest BCUT2D eigenvalue weighted by Gasteiger charge is -2.29. The SMILES string of the molecule is CC(=O)OC[C@H]1[C][C][C@H]2N=C(CC(C)C)S[C@H]2O1. The van der Waals surface area contributed by atoms with Crippen molar-refractivity contribution in [1.82, 2.24) is 0 Å². The van der Waals surface area contributed by atoms with Crippen LogP contribution < -0.4 is 0 Å². The van der Waals surface area contributed by atoms with Crippen LogP contribution in [0.25, 0.3) is 0 Å². The molecule has 2 rings (SSSR count). The van der Waals surface area contributed by atoms with Crippen molar-refractivity contribution >= 4 is 22.8 Å². The zero-order valence-electron chi connectivity index (χ0n) is 10.8. The van der Waals surface area contributed by atoms with E-state index in [0.29, 0.717) is 5.92 Å². The Labute approximate surface area is 113 Å². The number of ether oxygens (including phenoxy) is 2. The van der Waals surface area contributed by atoms with Gasteiger partial charge in [-0.3, -0.25) is 9.79 Å². The number of carbonyl (C=O) groups is 1. The molecule has 2 aliphatic heterocycles. The average molecular weight is 267 g/mol. The van der Waals surface area contributed by atoms with Crippen LogP contribution in [0.2, 0.25) is 0 Å². The highest BCUT2D eigenvalue weighted by atomic mass is 32.2. The van der Waals surface area contributed by atoms with Gasteiger partial charge in [0.1, 0.15) is 18.1 Å². The zero-order valence-corrected chi connectivity index (χ0v) is 11.6. The molecular weight excluding hydrogens is 250 g/mol. The van der Waals surface area contributed by atoms with Crippen molar-refractivity contribution in [2.24, 2.45) is 10.9 Å². The molecule has 0 spiro atoms. The molecule has 2 aliphatic rings. The van der Waals surface area contributed by atoms with Gasteiger partial charge < -0.3 is 9.47 Å². The lowest BCUT2D eigenvalue weighted by Crippen LogP contribution is -2.37. The quantitative estimate of drug-likeness (QED) is 0.731. The highest BCUT2D eigenvalue weighted by Gasteiger charge is 2.38. The maximum Gasteiger partial charge on any atom is 0.302 e. The number of esters is 1.